The predicted octanol–water partition coefficient (Wildman–Crippen LogP) is 3.90. The molecule has 0 unspecified atom stereocenters. The molecule has 1 N–H and O–H groups in total. The van der Waals surface area contributed by atoms with Crippen LogP contribution in [0, 0.1) is 10.1 Å². The van der Waals surface area contributed by atoms with Gasteiger partial charge in [-0.2, -0.15) is 13.5 Å². The van der Waals surface area contributed by atoms with Crippen molar-refractivity contribution in [3.8, 4) is 11.5 Å². The lowest BCUT2D eigenvalue weighted by atomic mass is 10.2. The average Bonchev–Trinajstić information content (AvgIpc) is 2.80. The van der Waals surface area contributed by atoms with Crippen molar-refractivity contribution in [3.63, 3.8) is 0 Å². The molecule has 10 nitrogen and oxygen atoms in total. The molecule has 0 spiro atoms. The number of hydrogen-bond acceptors (Lipinski definition) is 8. The van der Waals surface area contributed by atoms with Crippen molar-refractivity contribution in [2.75, 3.05) is 7.11 Å². The number of hydrogen-bond donors (Lipinski definition) is 1. The van der Waals surface area contributed by atoms with Crippen LogP contribution in [0.15, 0.2) is 81.2 Å². The van der Waals surface area contributed by atoms with Crippen LogP contribution >= 0.6 is 15.9 Å². The molecule has 12 heteroatoms. The molecule has 3 rings (SSSR count). The van der Waals surface area contributed by atoms with Gasteiger partial charge in [-0.15, -0.1) is 0 Å². The largest absolute Gasteiger partial charge is 0.497 e. The maximum atomic E-state index is 12.6. The number of methoxy groups -OCH3 is 1. The number of non-ortho nitro benzene ring substituents is 1. The second kappa shape index (κ2) is 10.2. The highest BCUT2D eigenvalue weighted by Gasteiger charge is 2.20. The fourth-order valence-corrected chi connectivity index (χ4v) is 3.90. The number of carbonyl (C=O) groups excluding carboxylic acids is 1. The molecule has 0 fully saturated rings. The molecule has 0 atom stereocenters. The molecule has 170 valence electrons. The number of nitro benzene ring substituents is 1. The van der Waals surface area contributed by atoms with Gasteiger partial charge < -0.3 is 8.92 Å². The number of rotatable bonds is 8. The van der Waals surface area contributed by atoms with E-state index in [4.69, 9.17) is 8.92 Å². The number of nitro groups is 1. The van der Waals surface area contributed by atoms with E-state index in [0.717, 1.165) is 24.3 Å². The van der Waals surface area contributed by atoms with Gasteiger partial charge in [0.25, 0.3) is 11.6 Å². The molecule has 0 bridgehead atoms. The molecular formula is C21H16BrN3O7S. The molecule has 3 aromatic rings. The summed E-state index contributed by atoms with van der Waals surface area (Å²) in [7, 11) is -2.77. The highest BCUT2D eigenvalue weighted by molar-refractivity contribution is 9.10. The Morgan fingerprint density at radius 3 is 2.36 bits per heavy atom. The molecule has 0 saturated heterocycles. The Morgan fingerprint density at radius 2 is 1.76 bits per heavy atom. The lowest BCUT2D eigenvalue weighted by Gasteiger charge is -2.10. The number of carbonyl (C=O) groups is 1. The van der Waals surface area contributed by atoms with E-state index in [-0.39, 0.29) is 21.9 Å². The Labute approximate surface area is 197 Å². The lowest BCUT2D eigenvalue weighted by molar-refractivity contribution is -0.384. The first-order chi connectivity index (χ1) is 15.7. The zero-order valence-corrected chi connectivity index (χ0v) is 19.4. The van der Waals surface area contributed by atoms with Crippen molar-refractivity contribution in [2.24, 2.45) is 5.10 Å². The van der Waals surface area contributed by atoms with Gasteiger partial charge in [-0.25, -0.2) is 5.43 Å². The van der Waals surface area contributed by atoms with Crippen molar-refractivity contribution in [3.05, 3.63) is 92.4 Å². The topological polar surface area (TPSA) is 137 Å². The Kier molecular flexibility index (Phi) is 7.41. The van der Waals surface area contributed by atoms with Crippen LogP contribution in [0.25, 0.3) is 0 Å². The maximum absolute atomic E-state index is 12.6. The van der Waals surface area contributed by atoms with Crippen LogP contribution in [0.1, 0.15) is 15.9 Å². The minimum absolute atomic E-state index is 0.0565. The average molecular weight is 534 g/mol. The Bertz CT molecular complexity index is 1310. The molecular weight excluding hydrogens is 518 g/mol. The highest BCUT2D eigenvalue weighted by Crippen LogP contribution is 2.26. The summed E-state index contributed by atoms with van der Waals surface area (Å²) < 4.78 is 36.1. The summed E-state index contributed by atoms with van der Waals surface area (Å²) in [6.45, 7) is 0. The third-order valence-corrected chi connectivity index (χ3v) is 5.97. The number of nitrogens with zero attached hydrogens (tertiary/aromatic N) is 2. The number of hydrazone groups is 1. The molecule has 0 radical (unpaired) electrons. The van der Waals surface area contributed by atoms with Gasteiger partial charge in [-0.1, -0.05) is 15.9 Å². The second-order valence-corrected chi connectivity index (χ2v) is 8.86. The molecule has 0 aliphatic carbocycles. The number of halogens is 1. The lowest BCUT2D eigenvalue weighted by Crippen LogP contribution is -2.17. The Hall–Kier alpha value is -3.77. The predicted molar refractivity (Wildman–Crippen MR) is 123 cm³/mol. The summed E-state index contributed by atoms with van der Waals surface area (Å²) in [6.07, 6.45) is 1.23. The fraction of sp³-hybridized carbons (Fsp3) is 0.0476. The third kappa shape index (κ3) is 6.14. The van der Waals surface area contributed by atoms with Crippen LogP contribution in [-0.4, -0.2) is 32.6 Å². The first-order valence-corrected chi connectivity index (χ1v) is 11.4. The minimum Gasteiger partial charge on any atom is -0.497 e. The van der Waals surface area contributed by atoms with E-state index >= 15 is 0 Å². The number of ether oxygens (including phenoxy) is 1. The summed E-state index contributed by atoms with van der Waals surface area (Å²) in [4.78, 5) is 22.1. The quantitative estimate of drug-likeness (QED) is 0.200. The second-order valence-electron chi connectivity index (χ2n) is 6.40. The van der Waals surface area contributed by atoms with E-state index in [1.165, 1.54) is 19.4 Å². The van der Waals surface area contributed by atoms with Gasteiger partial charge in [0.15, 0.2) is 5.75 Å². The first kappa shape index (κ1) is 23.9. The highest BCUT2D eigenvalue weighted by atomic mass is 79.9. The smallest absolute Gasteiger partial charge is 0.339 e. The van der Waals surface area contributed by atoms with Gasteiger partial charge in [0.2, 0.25) is 0 Å². The normalized spacial score (nSPS) is 11.2. The number of benzene rings is 3. The van der Waals surface area contributed by atoms with E-state index in [0.29, 0.717) is 15.8 Å². The molecule has 0 aromatic heterocycles. The van der Waals surface area contributed by atoms with E-state index in [2.05, 4.69) is 26.5 Å². The molecule has 0 aliphatic heterocycles. The minimum atomic E-state index is -4.28. The van der Waals surface area contributed by atoms with E-state index < -0.39 is 20.9 Å². The summed E-state index contributed by atoms with van der Waals surface area (Å²) in [5, 5.41) is 14.6. The molecule has 3 aromatic carbocycles. The van der Waals surface area contributed by atoms with Crippen LogP contribution in [0.4, 0.5) is 5.69 Å². The fourth-order valence-electron chi connectivity index (χ4n) is 2.56. The van der Waals surface area contributed by atoms with Crippen molar-refractivity contribution >= 4 is 43.9 Å². The SMILES string of the molecule is COc1ccc(C(=O)N/N=C\c2cc(Br)ccc2OS(=O)(=O)c2ccc([N+](=O)[O-])cc2)cc1. The molecule has 0 aliphatic rings. The summed E-state index contributed by atoms with van der Waals surface area (Å²) >= 11 is 3.28. The van der Waals surface area contributed by atoms with E-state index in [9.17, 15) is 23.3 Å². The van der Waals surface area contributed by atoms with Crippen LogP contribution < -0.4 is 14.3 Å². The third-order valence-electron chi connectivity index (χ3n) is 4.23. The standard InChI is InChI=1S/C21H16BrN3O7S/c1-31-18-7-2-14(3-8-18)21(26)24-23-13-15-12-16(22)4-11-20(15)32-33(29,30)19-9-5-17(6-10-19)25(27)28/h2-13H,1H3,(H,24,26)/b23-13-. The van der Waals surface area contributed by atoms with E-state index in [1.54, 1.807) is 36.4 Å². The van der Waals surface area contributed by atoms with Gasteiger partial charge in [0, 0.05) is 27.7 Å². The molecule has 0 saturated carbocycles. The monoisotopic (exact) mass is 533 g/mol. The van der Waals surface area contributed by atoms with Crippen LogP contribution in [-0.2, 0) is 10.1 Å². The Balaban J connectivity index is 1.78. The van der Waals surface area contributed by atoms with Gasteiger partial charge in [-0.05, 0) is 54.6 Å². The number of amides is 1. The molecule has 33 heavy (non-hydrogen) atoms. The number of nitrogens with one attached hydrogen (secondary N) is 1. The zero-order valence-electron chi connectivity index (χ0n) is 17.0. The van der Waals surface area contributed by atoms with Crippen LogP contribution in [0.2, 0.25) is 0 Å². The summed E-state index contributed by atoms with van der Waals surface area (Å²) in [5.74, 6) is 0.0593. The zero-order chi connectivity index (χ0) is 24.0. The van der Waals surface area contributed by atoms with Crippen molar-refractivity contribution in [2.45, 2.75) is 4.90 Å². The van der Waals surface area contributed by atoms with Crippen LogP contribution in [0.3, 0.4) is 0 Å². The van der Waals surface area contributed by atoms with Gasteiger partial charge in [-0.3, -0.25) is 14.9 Å². The maximum Gasteiger partial charge on any atom is 0.339 e. The first-order valence-electron chi connectivity index (χ1n) is 9.15. The summed E-state index contributed by atoms with van der Waals surface area (Å²) in [5.41, 5.74) is 2.70. The van der Waals surface area contributed by atoms with Crippen molar-refractivity contribution in [1.29, 1.82) is 0 Å². The van der Waals surface area contributed by atoms with Gasteiger partial charge in [0.1, 0.15) is 10.6 Å². The van der Waals surface area contributed by atoms with Crippen LogP contribution in [0.5, 0.6) is 11.5 Å². The molecule has 0 heterocycles. The van der Waals surface area contributed by atoms with Gasteiger partial charge >= 0.3 is 10.1 Å². The van der Waals surface area contributed by atoms with Gasteiger partial charge in [0.05, 0.1) is 18.2 Å². The van der Waals surface area contributed by atoms with E-state index in [1.807, 2.05) is 0 Å². The Morgan fingerprint density at radius 1 is 1.09 bits per heavy atom. The molecule has 1 amide bonds. The van der Waals surface area contributed by atoms with Crippen molar-refractivity contribution < 1.29 is 27.1 Å². The van der Waals surface area contributed by atoms with Crippen molar-refractivity contribution in [1.82, 2.24) is 5.43 Å². The summed E-state index contributed by atoms with van der Waals surface area (Å²) in [6, 6.07) is 15.2.